The van der Waals surface area contributed by atoms with Gasteiger partial charge in [-0.1, -0.05) is 26.7 Å². The zero-order chi connectivity index (χ0) is 11.0. The maximum Gasteiger partial charge on any atom is 0.239 e. The van der Waals surface area contributed by atoms with Gasteiger partial charge in [-0.3, -0.25) is 4.79 Å². The van der Waals surface area contributed by atoms with Crippen LogP contribution in [0.2, 0.25) is 0 Å². The number of unbranched alkanes of at least 4 members (excludes halogenated alkanes) is 1. The Balaban J connectivity index is 4.01. The standard InChI is InChI=1S/C11H24N2O/c1-4-7-9-13(6-3)11(14)10(12)8-5-2/h10H,4-9,12H2,1-3H3/t10-/m1/s1. The minimum absolute atomic E-state index is 0.114. The zero-order valence-corrected chi connectivity index (χ0v) is 9.75. The molecular weight excluding hydrogens is 176 g/mol. The van der Waals surface area contributed by atoms with Crippen LogP contribution in [-0.2, 0) is 4.79 Å². The smallest absolute Gasteiger partial charge is 0.239 e. The first kappa shape index (κ1) is 13.4. The number of hydrogen-bond acceptors (Lipinski definition) is 2. The van der Waals surface area contributed by atoms with Crippen molar-refractivity contribution >= 4 is 5.91 Å². The van der Waals surface area contributed by atoms with Gasteiger partial charge in [0.25, 0.3) is 0 Å². The highest BCUT2D eigenvalue weighted by atomic mass is 16.2. The molecule has 0 heterocycles. The average Bonchev–Trinajstić information content (AvgIpc) is 2.19. The fourth-order valence-corrected chi connectivity index (χ4v) is 1.44. The average molecular weight is 200 g/mol. The molecule has 84 valence electrons. The third-order valence-corrected chi connectivity index (χ3v) is 2.39. The Morgan fingerprint density at radius 1 is 1.29 bits per heavy atom. The lowest BCUT2D eigenvalue weighted by molar-refractivity contribution is -0.132. The van der Waals surface area contributed by atoms with E-state index in [2.05, 4.69) is 13.8 Å². The minimum atomic E-state index is -0.295. The van der Waals surface area contributed by atoms with E-state index in [1.165, 1.54) is 0 Å². The fourth-order valence-electron chi connectivity index (χ4n) is 1.44. The summed E-state index contributed by atoms with van der Waals surface area (Å²) in [5.74, 6) is 0.114. The van der Waals surface area contributed by atoms with Crippen LogP contribution in [0.5, 0.6) is 0 Å². The van der Waals surface area contributed by atoms with Crippen molar-refractivity contribution in [3.05, 3.63) is 0 Å². The first-order chi connectivity index (χ1) is 6.67. The molecule has 3 heteroatoms. The number of hydrogen-bond donors (Lipinski definition) is 1. The number of amides is 1. The summed E-state index contributed by atoms with van der Waals surface area (Å²) in [5, 5.41) is 0. The van der Waals surface area contributed by atoms with Crippen LogP contribution in [0.4, 0.5) is 0 Å². The Labute approximate surface area is 87.6 Å². The Morgan fingerprint density at radius 2 is 1.93 bits per heavy atom. The summed E-state index contributed by atoms with van der Waals surface area (Å²) in [7, 11) is 0. The second kappa shape index (κ2) is 7.80. The lowest BCUT2D eigenvalue weighted by atomic mass is 10.1. The van der Waals surface area contributed by atoms with Gasteiger partial charge in [0.05, 0.1) is 6.04 Å². The van der Waals surface area contributed by atoms with Crippen molar-refractivity contribution in [1.82, 2.24) is 4.90 Å². The van der Waals surface area contributed by atoms with Gasteiger partial charge in [-0.25, -0.2) is 0 Å². The van der Waals surface area contributed by atoms with Crippen molar-refractivity contribution in [3.8, 4) is 0 Å². The van der Waals surface area contributed by atoms with Gasteiger partial charge in [-0.05, 0) is 19.8 Å². The molecule has 0 rings (SSSR count). The monoisotopic (exact) mass is 200 g/mol. The molecule has 14 heavy (non-hydrogen) atoms. The second-order valence-electron chi connectivity index (χ2n) is 3.67. The summed E-state index contributed by atoms with van der Waals surface area (Å²) in [6.45, 7) is 7.81. The molecule has 0 unspecified atom stereocenters. The van der Waals surface area contributed by atoms with Crippen LogP contribution in [0.15, 0.2) is 0 Å². The van der Waals surface area contributed by atoms with E-state index in [1.807, 2.05) is 11.8 Å². The lowest BCUT2D eigenvalue weighted by Crippen LogP contribution is -2.44. The van der Waals surface area contributed by atoms with Crippen molar-refractivity contribution in [2.75, 3.05) is 13.1 Å². The molecule has 2 N–H and O–H groups in total. The van der Waals surface area contributed by atoms with Gasteiger partial charge in [0.2, 0.25) is 5.91 Å². The Bertz CT molecular complexity index is 159. The van der Waals surface area contributed by atoms with Crippen molar-refractivity contribution in [2.45, 2.75) is 52.5 Å². The molecule has 1 atom stereocenters. The summed E-state index contributed by atoms with van der Waals surface area (Å²) >= 11 is 0. The third kappa shape index (κ3) is 4.61. The first-order valence-electron chi connectivity index (χ1n) is 5.71. The van der Waals surface area contributed by atoms with Crippen LogP contribution in [-0.4, -0.2) is 29.9 Å². The van der Waals surface area contributed by atoms with Gasteiger partial charge in [0, 0.05) is 13.1 Å². The Kier molecular flexibility index (Phi) is 7.48. The van der Waals surface area contributed by atoms with E-state index in [0.29, 0.717) is 0 Å². The van der Waals surface area contributed by atoms with Gasteiger partial charge in [-0.2, -0.15) is 0 Å². The number of nitrogens with two attached hydrogens (primary N) is 1. The molecule has 0 aliphatic rings. The molecule has 0 aromatic heterocycles. The molecule has 0 aromatic rings. The molecule has 1 amide bonds. The zero-order valence-electron chi connectivity index (χ0n) is 9.75. The Morgan fingerprint density at radius 3 is 2.36 bits per heavy atom. The van der Waals surface area contributed by atoms with Gasteiger partial charge in [0.15, 0.2) is 0 Å². The highest BCUT2D eigenvalue weighted by Gasteiger charge is 2.17. The number of likely N-dealkylation sites (N-methyl/N-ethyl adjacent to an activating group) is 1. The molecule has 0 aliphatic heterocycles. The van der Waals surface area contributed by atoms with Crippen LogP contribution in [0, 0.1) is 0 Å². The van der Waals surface area contributed by atoms with Crippen LogP contribution < -0.4 is 5.73 Å². The fraction of sp³-hybridized carbons (Fsp3) is 0.909. The van der Waals surface area contributed by atoms with Gasteiger partial charge in [-0.15, -0.1) is 0 Å². The summed E-state index contributed by atoms with van der Waals surface area (Å²) < 4.78 is 0. The first-order valence-corrected chi connectivity index (χ1v) is 5.71. The number of carbonyl (C=O) groups excluding carboxylic acids is 1. The van der Waals surface area contributed by atoms with Crippen molar-refractivity contribution in [3.63, 3.8) is 0 Å². The molecule has 0 radical (unpaired) electrons. The molecule has 3 nitrogen and oxygen atoms in total. The molecule has 0 bridgehead atoms. The molecular formula is C11H24N2O. The van der Waals surface area contributed by atoms with Gasteiger partial charge < -0.3 is 10.6 Å². The molecule has 0 fully saturated rings. The van der Waals surface area contributed by atoms with E-state index in [0.717, 1.165) is 38.8 Å². The Hall–Kier alpha value is -0.570. The van der Waals surface area contributed by atoms with Crippen molar-refractivity contribution in [1.29, 1.82) is 0 Å². The van der Waals surface area contributed by atoms with E-state index in [4.69, 9.17) is 5.73 Å². The van der Waals surface area contributed by atoms with E-state index in [9.17, 15) is 4.79 Å². The molecule has 0 saturated heterocycles. The van der Waals surface area contributed by atoms with Crippen molar-refractivity contribution < 1.29 is 4.79 Å². The predicted molar refractivity (Wildman–Crippen MR) is 60.0 cm³/mol. The maximum absolute atomic E-state index is 11.8. The largest absolute Gasteiger partial charge is 0.342 e. The van der Waals surface area contributed by atoms with E-state index in [1.54, 1.807) is 0 Å². The van der Waals surface area contributed by atoms with E-state index < -0.39 is 0 Å². The predicted octanol–water partition coefficient (Wildman–Crippen LogP) is 1.76. The second-order valence-corrected chi connectivity index (χ2v) is 3.67. The molecule has 0 saturated carbocycles. The normalized spacial score (nSPS) is 12.6. The topological polar surface area (TPSA) is 46.3 Å². The van der Waals surface area contributed by atoms with E-state index >= 15 is 0 Å². The summed E-state index contributed by atoms with van der Waals surface area (Å²) in [5.41, 5.74) is 5.78. The van der Waals surface area contributed by atoms with Crippen LogP contribution in [0.1, 0.15) is 46.5 Å². The molecule has 0 aromatic carbocycles. The van der Waals surface area contributed by atoms with Crippen LogP contribution in [0.25, 0.3) is 0 Å². The number of nitrogens with zero attached hydrogens (tertiary/aromatic N) is 1. The summed E-state index contributed by atoms with van der Waals surface area (Å²) in [4.78, 5) is 13.6. The summed E-state index contributed by atoms with van der Waals surface area (Å²) in [6.07, 6.45) is 3.95. The lowest BCUT2D eigenvalue weighted by Gasteiger charge is -2.23. The maximum atomic E-state index is 11.8. The molecule has 0 spiro atoms. The summed E-state index contributed by atoms with van der Waals surface area (Å²) in [6, 6.07) is -0.295. The SMILES string of the molecule is CCCCN(CC)C(=O)[C@H](N)CCC. The van der Waals surface area contributed by atoms with Gasteiger partial charge >= 0.3 is 0 Å². The number of rotatable bonds is 7. The van der Waals surface area contributed by atoms with Gasteiger partial charge in [0.1, 0.15) is 0 Å². The minimum Gasteiger partial charge on any atom is -0.342 e. The highest BCUT2D eigenvalue weighted by molar-refractivity contribution is 5.81. The van der Waals surface area contributed by atoms with E-state index in [-0.39, 0.29) is 11.9 Å². The number of carbonyl (C=O) groups is 1. The highest BCUT2D eigenvalue weighted by Crippen LogP contribution is 2.02. The quantitative estimate of drug-likeness (QED) is 0.680. The molecule has 0 aliphatic carbocycles. The van der Waals surface area contributed by atoms with Crippen LogP contribution in [0.3, 0.4) is 0 Å². The third-order valence-electron chi connectivity index (χ3n) is 2.39. The van der Waals surface area contributed by atoms with Crippen molar-refractivity contribution in [2.24, 2.45) is 5.73 Å². The van der Waals surface area contributed by atoms with Crippen LogP contribution >= 0.6 is 0 Å².